The summed E-state index contributed by atoms with van der Waals surface area (Å²) in [6, 6.07) is 8.73. The van der Waals surface area contributed by atoms with Gasteiger partial charge >= 0.3 is 6.03 Å². The van der Waals surface area contributed by atoms with E-state index in [2.05, 4.69) is 34.7 Å². The highest BCUT2D eigenvalue weighted by Crippen LogP contribution is 2.23. The zero-order valence-electron chi connectivity index (χ0n) is 15.2. The fourth-order valence-corrected chi connectivity index (χ4v) is 3.76. The summed E-state index contributed by atoms with van der Waals surface area (Å²) in [5.41, 5.74) is 2.16. The molecule has 5 nitrogen and oxygen atoms in total. The highest BCUT2D eigenvalue weighted by Gasteiger charge is 2.26. The Balaban J connectivity index is 1.67. The van der Waals surface area contributed by atoms with E-state index in [4.69, 9.17) is 0 Å². The molecular formula is C20H30N4O. The highest BCUT2D eigenvalue weighted by molar-refractivity contribution is 5.98. The number of aryl methyl sites for hydroxylation is 1. The number of hydrogen-bond acceptors (Lipinski definition) is 3. The van der Waals surface area contributed by atoms with E-state index in [1.165, 1.54) is 24.8 Å². The maximum Gasteiger partial charge on any atom is 0.327 e. The van der Waals surface area contributed by atoms with Gasteiger partial charge in [0.05, 0.1) is 12.4 Å². The summed E-state index contributed by atoms with van der Waals surface area (Å²) in [5.74, 6) is 0. The van der Waals surface area contributed by atoms with Gasteiger partial charge in [-0.15, -0.1) is 0 Å². The number of urea groups is 1. The van der Waals surface area contributed by atoms with Gasteiger partial charge < -0.3 is 5.32 Å². The van der Waals surface area contributed by atoms with Gasteiger partial charge in [-0.3, -0.25) is 15.2 Å². The molecule has 2 N–H and O–H groups in total. The molecular weight excluding hydrogens is 312 g/mol. The van der Waals surface area contributed by atoms with Gasteiger partial charge in [0.1, 0.15) is 0 Å². The van der Waals surface area contributed by atoms with Crippen molar-refractivity contribution in [1.29, 1.82) is 0 Å². The minimum atomic E-state index is -0.0738. The highest BCUT2D eigenvalue weighted by atomic mass is 16.2. The van der Waals surface area contributed by atoms with Crippen LogP contribution in [0.3, 0.4) is 0 Å². The first-order chi connectivity index (χ1) is 12.2. The average Bonchev–Trinajstić information content (AvgIpc) is 2.65. The summed E-state index contributed by atoms with van der Waals surface area (Å²) in [6.07, 6.45) is 9.67. The van der Waals surface area contributed by atoms with E-state index < -0.39 is 0 Å². The molecule has 25 heavy (non-hydrogen) atoms. The molecule has 136 valence electrons. The smallest absolute Gasteiger partial charge is 0.317 e. The number of nitrogens with one attached hydrogen (secondary N) is 2. The van der Waals surface area contributed by atoms with Crippen LogP contribution in [0.15, 0.2) is 29.3 Å². The van der Waals surface area contributed by atoms with Gasteiger partial charge in [-0.2, -0.15) is 0 Å². The zero-order chi connectivity index (χ0) is 17.5. The molecule has 0 bridgehead atoms. The Bertz CT molecular complexity index is 572. The number of carbonyl (C=O) groups excluding carboxylic acids is 1. The molecule has 1 aliphatic heterocycles. The van der Waals surface area contributed by atoms with Crippen LogP contribution in [0.5, 0.6) is 0 Å². The lowest BCUT2D eigenvalue weighted by Gasteiger charge is -2.34. The second kappa shape index (κ2) is 8.99. The van der Waals surface area contributed by atoms with E-state index >= 15 is 0 Å². The fraction of sp³-hybridized carbons (Fsp3) is 0.600. The van der Waals surface area contributed by atoms with E-state index in [0.29, 0.717) is 6.04 Å². The van der Waals surface area contributed by atoms with Crippen molar-refractivity contribution in [3.05, 3.63) is 29.8 Å². The van der Waals surface area contributed by atoms with Crippen LogP contribution in [0.25, 0.3) is 0 Å². The van der Waals surface area contributed by atoms with E-state index in [-0.39, 0.29) is 12.1 Å². The molecule has 2 aliphatic rings. The maximum atomic E-state index is 12.9. The summed E-state index contributed by atoms with van der Waals surface area (Å²) in [4.78, 5) is 19.3. The number of piperidine rings is 1. The lowest BCUT2D eigenvalue weighted by molar-refractivity contribution is 0.246. The molecule has 1 aromatic rings. The molecule has 0 atom stereocenters. The van der Waals surface area contributed by atoms with Crippen molar-refractivity contribution in [2.24, 2.45) is 4.99 Å². The van der Waals surface area contributed by atoms with Gasteiger partial charge in [0, 0.05) is 11.7 Å². The van der Waals surface area contributed by atoms with E-state index in [1.54, 1.807) is 6.34 Å². The maximum absolute atomic E-state index is 12.9. The Labute approximate surface area is 150 Å². The normalized spacial score (nSPS) is 19.9. The second-order valence-electron chi connectivity index (χ2n) is 7.21. The van der Waals surface area contributed by atoms with E-state index in [1.807, 2.05) is 17.0 Å². The lowest BCUT2D eigenvalue weighted by atomic mass is 9.96. The molecule has 1 saturated carbocycles. The monoisotopic (exact) mass is 342 g/mol. The van der Waals surface area contributed by atoms with Crippen molar-refractivity contribution in [2.75, 3.05) is 18.0 Å². The molecule has 3 rings (SSSR count). The fourth-order valence-electron chi connectivity index (χ4n) is 3.76. The number of benzene rings is 1. The van der Waals surface area contributed by atoms with E-state index in [9.17, 15) is 4.79 Å². The number of hydrogen-bond donors (Lipinski definition) is 2. The van der Waals surface area contributed by atoms with Crippen molar-refractivity contribution < 1.29 is 4.79 Å². The molecule has 0 unspecified atom stereocenters. The van der Waals surface area contributed by atoms with Gasteiger partial charge in [0.15, 0.2) is 0 Å². The van der Waals surface area contributed by atoms with Crippen LogP contribution < -0.4 is 15.5 Å². The SMILES string of the molecule is Cc1ccc(N(C(=O)NC=NC2CCCCC2)C2CCNCC2)cc1. The first-order valence-electron chi connectivity index (χ1n) is 9.63. The minimum Gasteiger partial charge on any atom is -0.317 e. The zero-order valence-corrected chi connectivity index (χ0v) is 15.2. The number of amides is 2. The summed E-state index contributed by atoms with van der Waals surface area (Å²) < 4.78 is 0. The molecule has 0 radical (unpaired) electrons. The van der Waals surface area contributed by atoms with Gasteiger partial charge in [0.2, 0.25) is 0 Å². The second-order valence-corrected chi connectivity index (χ2v) is 7.21. The predicted molar refractivity (Wildman–Crippen MR) is 103 cm³/mol. The molecule has 0 aromatic heterocycles. The van der Waals surface area contributed by atoms with Crippen molar-refractivity contribution in [2.45, 2.75) is 64.0 Å². The number of anilines is 1. The number of carbonyl (C=O) groups is 1. The van der Waals surface area contributed by atoms with Crippen LogP contribution in [0.1, 0.15) is 50.5 Å². The Hall–Kier alpha value is -1.88. The third kappa shape index (κ3) is 5.05. The average molecular weight is 342 g/mol. The van der Waals surface area contributed by atoms with Crippen LogP contribution in [-0.4, -0.2) is 37.5 Å². The van der Waals surface area contributed by atoms with Crippen molar-refractivity contribution in [3.8, 4) is 0 Å². The molecule has 0 spiro atoms. The summed E-state index contributed by atoms with van der Waals surface area (Å²) in [7, 11) is 0. The third-order valence-electron chi connectivity index (χ3n) is 5.25. The van der Waals surface area contributed by atoms with Gasteiger partial charge in [-0.25, -0.2) is 4.79 Å². The first kappa shape index (κ1) is 17.9. The molecule has 5 heteroatoms. The summed E-state index contributed by atoms with van der Waals surface area (Å²) >= 11 is 0. The van der Waals surface area contributed by atoms with Gasteiger partial charge in [-0.05, 0) is 57.8 Å². The lowest BCUT2D eigenvalue weighted by Crippen LogP contribution is -2.50. The van der Waals surface area contributed by atoms with Crippen LogP contribution in [0.2, 0.25) is 0 Å². The predicted octanol–water partition coefficient (Wildman–Crippen LogP) is 3.62. The van der Waals surface area contributed by atoms with Crippen LogP contribution in [0, 0.1) is 6.92 Å². The van der Waals surface area contributed by atoms with Crippen molar-refractivity contribution in [1.82, 2.24) is 10.6 Å². The summed E-state index contributed by atoms with van der Waals surface area (Å²) in [6.45, 7) is 3.97. The Morgan fingerprint density at radius 2 is 1.80 bits per heavy atom. The van der Waals surface area contributed by atoms with E-state index in [0.717, 1.165) is 44.5 Å². The van der Waals surface area contributed by atoms with Crippen LogP contribution >= 0.6 is 0 Å². The quantitative estimate of drug-likeness (QED) is 0.648. The first-order valence-corrected chi connectivity index (χ1v) is 9.63. The summed E-state index contributed by atoms with van der Waals surface area (Å²) in [5, 5.41) is 6.29. The van der Waals surface area contributed by atoms with Gasteiger partial charge in [0.25, 0.3) is 0 Å². The largest absolute Gasteiger partial charge is 0.327 e. The van der Waals surface area contributed by atoms with Crippen LogP contribution in [-0.2, 0) is 0 Å². The van der Waals surface area contributed by atoms with Crippen LogP contribution in [0.4, 0.5) is 10.5 Å². The Morgan fingerprint density at radius 3 is 2.48 bits per heavy atom. The molecule has 1 heterocycles. The standard InChI is InChI=1S/C20H30N4O/c1-16-7-9-18(10-8-16)24(19-11-13-21-14-12-19)20(25)23-15-22-17-5-3-2-4-6-17/h7-10,15,17,19,21H,2-6,11-14H2,1H3,(H,22,23,25). The molecule has 1 aliphatic carbocycles. The molecule has 1 aromatic carbocycles. The molecule has 1 saturated heterocycles. The third-order valence-corrected chi connectivity index (χ3v) is 5.25. The Kier molecular flexibility index (Phi) is 6.45. The number of nitrogens with zero attached hydrogens (tertiary/aromatic N) is 2. The van der Waals surface area contributed by atoms with Crippen molar-refractivity contribution in [3.63, 3.8) is 0 Å². The Morgan fingerprint density at radius 1 is 1.12 bits per heavy atom. The number of rotatable bonds is 4. The molecule has 2 fully saturated rings. The molecule has 2 amide bonds. The van der Waals surface area contributed by atoms with Crippen molar-refractivity contribution >= 4 is 18.1 Å². The topological polar surface area (TPSA) is 56.7 Å². The van der Waals surface area contributed by atoms with Gasteiger partial charge in [-0.1, -0.05) is 37.0 Å². The minimum absolute atomic E-state index is 0.0738. The number of aliphatic imine (C=N–C) groups is 1.